The minimum atomic E-state index is -0.824. The summed E-state index contributed by atoms with van der Waals surface area (Å²) in [4.78, 5) is 23.3. The summed E-state index contributed by atoms with van der Waals surface area (Å²) < 4.78 is 15.1. The molecule has 0 saturated heterocycles. The quantitative estimate of drug-likeness (QED) is 0.586. The topological polar surface area (TPSA) is 99.9 Å². The Morgan fingerprint density at radius 2 is 1.95 bits per heavy atom. The van der Waals surface area contributed by atoms with Crippen molar-refractivity contribution in [3.8, 4) is 5.75 Å². The minimum absolute atomic E-state index is 0.154. The molecule has 0 aliphatic heterocycles. The lowest BCUT2D eigenvalue weighted by atomic mass is 10.0. The molecule has 2 amide bonds. The van der Waals surface area contributed by atoms with Gasteiger partial charge >= 0.3 is 0 Å². The monoisotopic (exact) mass is 310 g/mol. The van der Waals surface area contributed by atoms with Gasteiger partial charge in [0.2, 0.25) is 11.8 Å². The standard InChI is InChI=1S/C15H22N2O5/c1-20-7-8-22-10-14(18)17-12(15(16)19)9-11-5-3-4-6-13(11)21-2/h3-6,12H,7-10H2,1-2H3,(H2,16,19)(H,17,18)/t12-/m1/s1. The van der Waals surface area contributed by atoms with Crippen LogP contribution in [0.3, 0.4) is 0 Å². The van der Waals surface area contributed by atoms with Crippen LogP contribution in [0.4, 0.5) is 0 Å². The van der Waals surface area contributed by atoms with Gasteiger partial charge in [0.05, 0.1) is 20.3 Å². The fourth-order valence-electron chi connectivity index (χ4n) is 1.86. The van der Waals surface area contributed by atoms with Gasteiger partial charge in [-0.2, -0.15) is 0 Å². The smallest absolute Gasteiger partial charge is 0.246 e. The van der Waals surface area contributed by atoms with Gasteiger partial charge in [-0.05, 0) is 11.6 Å². The summed E-state index contributed by atoms with van der Waals surface area (Å²) in [5, 5.41) is 2.56. The Labute approximate surface area is 129 Å². The average Bonchev–Trinajstić information content (AvgIpc) is 2.51. The number of carbonyl (C=O) groups is 2. The number of amides is 2. The molecule has 0 unspecified atom stereocenters. The first-order valence-corrected chi connectivity index (χ1v) is 6.85. The predicted octanol–water partition coefficient (Wildman–Crippen LogP) is -0.129. The van der Waals surface area contributed by atoms with Gasteiger partial charge < -0.3 is 25.3 Å². The van der Waals surface area contributed by atoms with Crippen LogP contribution in [0.2, 0.25) is 0 Å². The number of nitrogens with two attached hydrogens (primary N) is 1. The van der Waals surface area contributed by atoms with E-state index in [2.05, 4.69) is 5.32 Å². The number of nitrogens with one attached hydrogen (secondary N) is 1. The number of para-hydroxylation sites is 1. The van der Waals surface area contributed by atoms with Crippen molar-refractivity contribution >= 4 is 11.8 Å². The molecule has 22 heavy (non-hydrogen) atoms. The van der Waals surface area contributed by atoms with Gasteiger partial charge in [0.1, 0.15) is 18.4 Å². The summed E-state index contributed by atoms with van der Waals surface area (Å²) in [5.41, 5.74) is 6.13. The van der Waals surface area contributed by atoms with Crippen LogP contribution in [-0.2, 0) is 25.5 Å². The Balaban J connectivity index is 2.58. The second kappa shape index (κ2) is 9.75. The van der Waals surface area contributed by atoms with E-state index in [1.54, 1.807) is 20.3 Å². The minimum Gasteiger partial charge on any atom is -0.496 e. The summed E-state index contributed by atoms with van der Waals surface area (Å²) in [6.07, 6.45) is 0.253. The first-order valence-electron chi connectivity index (χ1n) is 6.85. The first-order chi connectivity index (χ1) is 10.6. The molecule has 0 radical (unpaired) electrons. The molecular weight excluding hydrogens is 288 g/mol. The Bertz CT molecular complexity index is 493. The van der Waals surface area contributed by atoms with Crippen LogP contribution in [0.25, 0.3) is 0 Å². The molecule has 122 valence electrons. The number of carbonyl (C=O) groups excluding carboxylic acids is 2. The summed E-state index contributed by atoms with van der Waals surface area (Å²) in [7, 11) is 3.08. The van der Waals surface area contributed by atoms with Crippen molar-refractivity contribution in [1.29, 1.82) is 0 Å². The van der Waals surface area contributed by atoms with Gasteiger partial charge in [-0.25, -0.2) is 0 Å². The van der Waals surface area contributed by atoms with Gasteiger partial charge in [0, 0.05) is 13.5 Å². The van der Waals surface area contributed by atoms with Crippen LogP contribution in [0.5, 0.6) is 5.75 Å². The Morgan fingerprint density at radius 3 is 2.59 bits per heavy atom. The molecule has 1 aromatic rings. The first kappa shape index (κ1) is 17.9. The van der Waals surface area contributed by atoms with Crippen LogP contribution >= 0.6 is 0 Å². The highest BCUT2D eigenvalue weighted by Crippen LogP contribution is 2.18. The lowest BCUT2D eigenvalue weighted by Gasteiger charge is -2.17. The number of hydrogen-bond acceptors (Lipinski definition) is 5. The maximum absolute atomic E-state index is 11.7. The molecule has 7 nitrogen and oxygen atoms in total. The van der Waals surface area contributed by atoms with Crippen LogP contribution in [0.1, 0.15) is 5.56 Å². The third-order valence-corrected chi connectivity index (χ3v) is 2.96. The van der Waals surface area contributed by atoms with E-state index in [0.29, 0.717) is 19.0 Å². The highest BCUT2D eigenvalue weighted by atomic mass is 16.5. The van der Waals surface area contributed by atoms with E-state index in [4.69, 9.17) is 19.9 Å². The van der Waals surface area contributed by atoms with Crippen LogP contribution in [0.15, 0.2) is 24.3 Å². The summed E-state index contributed by atoms with van der Waals surface area (Å²) >= 11 is 0. The van der Waals surface area contributed by atoms with Gasteiger partial charge in [0.25, 0.3) is 0 Å². The number of hydrogen-bond donors (Lipinski definition) is 2. The molecule has 0 fully saturated rings. The normalized spacial score (nSPS) is 11.7. The van der Waals surface area contributed by atoms with Crippen molar-refractivity contribution in [2.45, 2.75) is 12.5 Å². The van der Waals surface area contributed by atoms with Crippen molar-refractivity contribution < 1.29 is 23.8 Å². The zero-order chi connectivity index (χ0) is 16.4. The molecule has 0 spiro atoms. The molecule has 0 bridgehead atoms. The summed E-state index contributed by atoms with van der Waals surface area (Å²) in [6.45, 7) is 0.546. The molecule has 7 heteroatoms. The molecule has 0 saturated carbocycles. The average molecular weight is 310 g/mol. The number of primary amides is 1. The molecule has 0 aromatic heterocycles. The Morgan fingerprint density at radius 1 is 1.23 bits per heavy atom. The molecule has 0 heterocycles. The highest BCUT2D eigenvalue weighted by Gasteiger charge is 2.20. The largest absolute Gasteiger partial charge is 0.496 e. The molecule has 0 aliphatic rings. The molecule has 1 atom stereocenters. The van der Waals surface area contributed by atoms with E-state index in [1.165, 1.54) is 0 Å². The van der Waals surface area contributed by atoms with Gasteiger partial charge in [-0.3, -0.25) is 9.59 Å². The van der Waals surface area contributed by atoms with Crippen LogP contribution < -0.4 is 15.8 Å². The van der Waals surface area contributed by atoms with Crippen molar-refractivity contribution in [2.24, 2.45) is 5.73 Å². The maximum atomic E-state index is 11.7. The second-order valence-corrected chi connectivity index (χ2v) is 4.58. The number of ether oxygens (including phenoxy) is 3. The Hall–Kier alpha value is -2.12. The third-order valence-electron chi connectivity index (χ3n) is 2.96. The van der Waals surface area contributed by atoms with Gasteiger partial charge in [-0.1, -0.05) is 18.2 Å². The van der Waals surface area contributed by atoms with Crippen molar-refractivity contribution in [3.05, 3.63) is 29.8 Å². The van der Waals surface area contributed by atoms with Crippen LogP contribution in [0, 0.1) is 0 Å². The zero-order valence-corrected chi connectivity index (χ0v) is 12.8. The lowest BCUT2D eigenvalue weighted by Crippen LogP contribution is -2.47. The van der Waals surface area contributed by atoms with E-state index >= 15 is 0 Å². The fraction of sp³-hybridized carbons (Fsp3) is 0.467. The molecule has 0 aliphatic carbocycles. The summed E-state index contributed by atoms with van der Waals surface area (Å²) in [6, 6.07) is 6.42. The van der Waals surface area contributed by atoms with Crippen LogP contribution in [-0.4, -0.2) is 51.9 Å². The zero-order valence-electron chi connectivity index (χ0n) is 12.8. The number of methoxy groups -OCH3 is 2. The van der Waals surface area contributed by atoms with Gasteiger partial charge in [-0.15, -0.1) is 0 Å². The van der Waals surface area contributed by atoms with E-state index in [1.807, 2.05) is 18.2 Å². The Kier molecular flexibility index (Phi) is 7.95. The second-order valence-electron chi connectivity index (χ2n) is 4.58. The van der Waals surface area contributed by atoms with E-state index in [0.717, 1.165) is 5.56 Å². The van der Waals surface area contributed by atoms with Crippen molar-refractivity contribution in [3.63, 3.8) is 0 Å². The predicted molar refractivity (Wildman–Crippen MR) is 80.5 cm³/mol. The van der Waals surface area contributed by atoms with E-state index < -0.39 is 17.9 Å². The summed E-state index contributed by atoms with van der Waals surface area (Å²) in [5.74, 6) is -0.384. The fourth-order valence-corrected chi connectivity index (χ4v) is 1.86. The van der Waals surface area contributed by atoms with Crippen molar-refractivity contribution in [1.82, 2.24) is 5.32 Å². The highest BCUT2D eigenvalue weighted by molar-refractivity contribution is 5.87. The number of rotatable bonds is 10. The maximum Gasteiger partial charge on any atom is 0.246 e. The molecule has 1 aromatic carbocycles. The third kappa shape index (κ3) is 6.11. The van der Waals surface area contributed by atoms with E-state index in [9.17, 15) is 9.59 Å². The van der Waals surface area contributed by atoms with E-state index in [-0.39, 0.29) is 13.0 Å². The molecule has 1 rings (SSSR count). The van der Waals surface area contributed by atoms with Crippen molar-refractivity contribution in [2.75, 3.05) is 34.0 Å². The molecular formula is C15H22N2O5. The lowest BCUT2D eigenvalue weighted by molar-refractivity contribution is -0.130. The SMILES string of the molecule is COCCOCC(=O)N[C@H](Cc1ccccc1OC)C(N)=O. The molecule has 3 N–H and O–H groups in total. The number of benzene rings is 1. The van der Waals surface area contributed by atoms with Gasteiger partial charge in [0.15, 0.2) is 0 Å².